The largest absolute Gasteiger partial charge is 0.308 e. The molecule has 1 aliphatic heterocycles. The van der Waals surface area contributed by atoms with Gasteiger partial charge in [-0.15, -0.1) is 0 Å². The summed E-state index contributed by atoms with van der Waals surface area (Å²) in [6.45, 7) is 10.1. The molecular formula is C18H29N3. The highest BCUT2D eigenvalue weighted by Gasteiger charge is 2.43. The van der Waals surface area contributed by atoms with Crippen LogP contribution in [0.4, 0.5) is 0 Å². The third kappa shape index (κ3) is 3.14. The number of nitrogens with zero attached hydrogens (tertiary/aromatic N) is 2. The molecule has 0 aromatic carbocycles. The predicted molar refractivity (Wildman–Crippen MR) is 87.3 cm³/mol. The van der Waals surface area contributed by atoms with Crippen molar-refractivity contribution in [2.24, 2.45) is 0 Å². The molecular weight excluding hydrogens is 258 g/mol. The third-order valence-electron chi connectivity index (χ3n) is 5.51. The van der Waals surface area contributed by atoms with E-state index < -0.39 is 0 Å². The highest BCUT2D eigenvalue weighted by atomic mass is 15.3. The van der Waals surface area contributed by atoms with Crippen LogP contribution in [0.3, 0.4) is 0 Å². The summed E-state index contributed by atoms with van der Waals surface area (Å²) in [5.41, 5.74) is 3.10. The first-order chi connectivity index (χ1) is 10.0. The molecule has 1 aliphatic carbocycles. The maximum Gasteiger partial charge on any atom is 0.0573 e. The number of hydrogen-bond acceptors (Lipinski definition) is 3. The monoisotopic (exact) mass is 287 g/mol. The van der Waals surface area contributed by atoms with Gasteiger partial charge in [-0.3, -0.25) is 9.88 Å². The Hall–Kier alpha value is -0.930. The highest BCUT2D eigenvalue weighted by Crippen LogP contribution is 2.35. The molecule has 2 heterocycles. The van der Waals surface area contributed by atoms with Crippen LogP contribution >= 0.6 is 0 Å². The first kappa shape index (κ1) is 15.0. The lowest BCUT2D eigenvalue weighted by atomic mass is 9.77. The summed E-state index contributed by atoms with van der Waals surface area (Å²) < 4.78 is 0. The number of pyridine rings is 1. The molecule has 0 radical (unpaired) electrons. The molecule has 0 bridgehead atoms. The van der Waals surface area contributed by atoms with E-state index in [1.165, 1.54) is 43.4 Å². The maximum absolute atomic E-state index is 4.61. The van der Waals surface area contributed by atoms with Crippen molar-refractivity contribution in [2.75, 3.05) is 13.1 Å². The van der Waals surface area contributed by atoms with Crippen molar-refractivity contribution in [3.05, 3.63) is 29.6 Å². The first-order valence-corrected chi connectivity index (χ1v) is 8.41. The molecule has 1 saturated carbocycles. The maximum atomic E-state index is 4.61. The van der Waals surface area contributed by atoms with Gasteiger partial charge in [0.25, 0.3) is 0 Å². The van der Waals surface area contributed by atoms with Gasteiger partial charge < -0.3 is 5.32 Å². The van der Waals surface area contributed by atoms with Gasteiger partial charge in [0.05, 0.1) is 5.69 Å². The fraction of sp³-hybridized carbons (Fsp3) is 0.722. The lowest BCUT2D eigenvalue weighted by Crippen LogP contribution is -2.68. The summed E-state index contributed by atoms with van der Waals surface area (Å²) >= 11 is 0. The minimum Gasteiger partial charge on any atom is -0.308 e. The summed E-state index contributed by atoms with van der Waals surface area (Å²) in [5, 5.41) is 3.89. The SMILES string of the molecule is Cc1cccnc1CN1CC2(CCCCC2)NCC1(C)C. The van der Waals surface area contributed by atoms with Gasteiger partial charge in [-0.2, -0.15) is 0 Å². The van der Waals surface area contributed by atoms with Gasteiger partial charge in [0.1, 0.15) is 0 Å². The number of aryl methyl sites for hydroxylation is 1. The lowest BCUT2D eigenvalue weighted by molar-refractivity contribution is 0.00394. The zero-order valence-electron chi connectivity index (χ0n) is 13.8. The Bertz CT molecular complexity index is 489. The molecule has 1 N–H and O–H groups in total. The van der Waals surface area contributed by atoms with E-state index in [4.69, 9.17) is 0 Å². The van der Waals surface area contributed by atoms with Crippen LogP contribution in [0.5, 0.6) is 0 Å². The van der Waals surface area contributed by atoms with Crippen molar-refractivity contribution in [2.45, 2.75) is 70.5 Å². The van der Waals surface area contributed by atoms with E-state index >= 15 is 0 Å². The first-order valence-electron chi connectivity index (χ1n) is 8.41. The van der Waals surface area contributed by atoms with Crippen molar-refractivity contribution in [3.8, 4) is 0 Å². The molecule has 3 heteroatoms. The molecule has 2 aliphatic rings. The van der Waals surface area contributed by atoms with Gasteiger partial charge in [0.2, 0.25) is 0 Å². The zero-order chi connectivity index (χ0) is 14.9. The summed E-state index contributed by atoms with van der Waals surface area (Å²) in [4.78, 5) is 7.27. The molecule has 0 amide bonds. The average molecular weight is 287 g/mol. The van der Waals surface area contributed by atoms with Gasteiger partial charge in [-0.25, -0.2) is 0 Å². The van der Waals surface area contributed by atoms with E-state index in [0.29, 0.717) is 5.54 Å². The Labute approximate surface area is 129 Å². The number of aromatic nitrogens is 1. The Morgan fingerprint density at radius 3 is 2.71 bits per heavy atom. The Morgan fingerprint density at radius 1 is 1.24 bits per heavy atom. The second-order valence-electron chi connectivity index (χ2n) is 7.63. The summed E-state index contributed by atoms with van der Waals surface area (Å²) in [7, 11) is 0. The van der Waals surface area contributed by atoms with Crippen LogP contribution in [0.2, 0.25) is 0 Å². The van der Waals surface area contributed by atoms with Crippen LogP contribution < -0.4 is 5.32 Å². The molecule has 0 atom stereocenters. The number of rotatable bonds is 2. The van der Waals surface area contributed by atoms with Crippen LogP contribution in [0.15, 0.2) is 18.3 Å². The van der Waals surface area contributed by atoms with Crippen LogP contribution in [0, 0.1) is 6.92 Å². The Morgan fingerprint density at radius 2 is 2.00 bits per heavy atom. The van der Waals surface area contributed by atoms with E-state index in [2.05, 4.69) is 42.0 Å². The van der Waals surface area contributed by atoms with Crippen LogP contribution in [-0.4, -0.2) is 34.1 Å². The summed E-state index contributed by atoms with van der Waals surface area (Å²) in [6, 6.07) is 4.21. The zero-order valence-corrected chi connectivity index (χ0v) is 13.8. The molecule has 3 rings (SSSR count). The number of hydrogen-bond donors (Lipinski definition) is 1. The topological polar surface area (TPSA) is 28.2 Å². The van der Waals surface area contributed by atoms with Gasteiger partial charge in [0, 0.05) is 36.9 Å². The van der Waals surface area contributed by atoms with Gasteiger partial charge in [0.15, 0.2) is 0 Å². The predicted octanol–water partition coefficient (Wildman–Crippen LogP) is 3.28. The fourth-order valence-corrected chi connectivity index (χ4v) is 3.85. The standard InChI is InChI=1S/C18H29N3/c1-15-8-7-11-19-16(15)12-21-14-18(9-5-4-6-10-18)20-13-17(21,2)3/h7-8,11,20H,4-6,9-10,12-14H2,1-3H3. The second-order valence-corrected chi connectivity index (χ2v) is 7.63. The second kappa shape index (κ2) is 5.69. The molecule has 2 fully saturated rings. The van der Waals surface area contributed by atoms with E-state index in [0.717, 1.165) is 19.6 Å². The van der Waals surface area contributed by atoms with Gasteiger partial charge in [-0.1, -0.05) is 25.3 Å². The Balaban J connectivity index is 1.79. The Kier molecular flexibility index (Phi) is 4.06. The smallest absolute Gasteiger partial charge is 0.0573 e. The van der Waals surface area contributed by atoms with E-state index in [1.807, 2.05) is 12.3 Å². The van der Waals surface area contributed by atoms with Crippen molar-refractivity contribution >= 4 is 0 Å². The average Bonchev–Trinajstić information content (AvgIpc) is 2.47. The molecule has 1 aromatic rings. The van der Waals surface area contributed by atoms with E-state index in [1.54, 1.807) is 0 Å². The summed E-state index contributed by atoms with van der Waals surface area (Å²) in [6.07, 6.45) is 8.76. The highest BCUT2D eigenvalue weighted by molar-refractivity contribution is 5.18. The molecule has 1 saturated heterocycles. The molecule has 1 spiro atoms. The lowest BCUT2D eigenvalue weighted by Gasteiger charge is -2.53. The molecule has 0 unspecified atom stereocenters. The van der Waals surface area contributed by atoms with Crippen LogP contribution in [0.1, 0.15) is 57.2 Å². The number of nitrogens with one attached hydrogen (secondary N) is 1. The van der Waals surface area contributed by atoms with Crippen LogP contribution in [0.25, 0.3) is 0 Å². The van der Waals surface area contributed by atoms with Crippen LogP contribution in [-0.2, 0) is 6.54 Å². The van der Waals surface area contributed by atoms with Crippen molar-refractivity contribution in [1.29, 1.82) is 0 Å². The fourth-order valence-electron chi connectivity index (χ4n) is 3.85. The minimum atomic E-state index is 0.201. The quantitative estimate of drug-likeness (QED) is 0.905. The third-order valence-corrected chi connectivity index (χ3v) is 5.51. The normalized spacial score (nSPS) is 25.1. The van der Waals surface area contributed by atoms with Crippen molar-refractivity contribution in [3.63, 3.8) is 0 Å². The minimum absolute atomic E-state index is 0.201. The van der Waals surface area contributed by atoms with Crippen molar-refractivity contribution in [1.82, 2.24) is 15.2 Å². The van der Waals surface area contributed by atoms with Gasteiger partial charge >= 0.3 is 0 Å². The summed E-state index contributed by atoms with van der Waals surface area (Å²) in [5.74, 6) is 0. The molecule has 116 valence electrons. The van der Waals surface area contributed by atoms with Crippen molar-refractivity contribution < 1.29 is 0 Å². The molecule has 1 aromatic heterocycles. The van der Waals surface area contributed by atoms with Gasteiger partial charge in [-0.05, 0) is 45.2 Å². The molecule has 3 nitrogen and oxygen atoms in total. The van der Waals surface area contributed by atoms with E-state index in [-0.39, 0.29) is 5.54 Å². The van der Waals surface area contributed by atoms with E-state index in [9.17, 15) is 0 Å². The molecule has 21 heavy (non-hydrogen) atoms. The number of piperazine rings is 1.